The van der Waals surface area contributed by atoms with Gasteiger partial charge in [0.1, 0.15) is 5.60 Å². The van der Waals surface area contributed by atoms with Gasteiger partial charge in [0.05, 0.1) is 17.4 Å². The summed E-state index contributed by atoms with van der Waals surface area (Å²) in [4.78, 5) is 11.7. The van der Waals surface area contributed by atoms with Gasteiger partial charge < -0.3 is 4.74 Å². The molecule has 2 heterocycles. The number of hydrogen-bond acceptors (Lipinski definition) is 3. The fraction of sp³-hybridized carbons (Fsp3) is 0.385. The van der Waals surface area contributed by atoms with Crippen LogP contribution in [0.15, 0.2) is 24.5 Å². The van der Waals surface area contributed by atoms with Crippen LogP contribution in [0.5, 0.6) is 0 Å². The Labute approximate surface area is 106 Å². The fourth-order valence-corrected chi connectivity index (χ4v) is 1.66. The van der Waals surface area contributed by atoms with Gasteiger partial charge >= 0.3 is 6.09 Å². The van der Waals surface area contributed by atoms with E-state index >= 15 is 0 Å². The molecule has 1 amide bonds. The van der Waals surface area contributed by atoms with Gasteiger partial charge in [0, 0.05) is 11.8 Å². The van der Waals surface area contributed by atoms with Gasteiger partial charge in [-0.2, -0.15) is 5.10 Å². The van der Waals surface area contributed by atoms with E-state index in [1.807, 2.05) is 46.0 Å². The van der Waals surface area contributed by atoms with Crippen LogP contribution < -0.4 is 5.32 Å². The molecular weight excluding hydrogens is 230 g/mol. The van der Waals surface area contributed by atoms with Crippen molar-refractivity contribution in [2.24, 2.45) is 0 Å². The Balaban J connectivity index is 2.21. The van der Waals surface area contributed by atoms with Gasteiger partial charge in [-0.3, -0.25) is 5.32 Å². The molecule has 96 valence electrons. The number of anilines is 1. The number of fused-ring (bicyclic) bond motifs is 1. The summed E-state index contributed by atoms with van der Waals surface area (Å²) in [5.74, 6) is 0. The number of ether oxygens (including phenoxy) is 1. The van der Waals surface area contributed by atoms with Crippen molar-refractivity contribution < 1.29 is 9.53 Å². The minimum atomic E-state index is -0.509. The molecule has 2 rings (SSSR count). The average Bonchev–Trinajstić information content (AvgIpc) is 2.68. The van der Waals surface area contributed by atoms with Crippen LogP contribution >= 0.6 is 0 Å². The zero-order chi connectivity index (χ0) is 13.3. The SMILES string of the molecule is Cc1c(NC(=O)OC(C)(C)C)cnn2cccc12. The highest BCUT2D eigenvalue weighted by Gasteiger charge is 2.17. The first-order chi connectivity index (χ1) is 8.37. The molecule has 0 aliphatic heterocycles. The van der Waals surface area contributed by atoms with Crippen molar-refractivity contribution in [3.8, 4) is 0 Å². The zero-order valence-corrected chi connectivity index (χ0v) is 11.0. The number of carbonyl (C=O) groups is 1. The summed E-state index contributed by atoms with van der Waals surface area (Å²) in [5.41, 5.74) is 2.07. The largest absolute Gasteiger partial charge is 0.444 e. The lowest BCUT2D eigenvalue weighted by molar-refractivity contribution is 0.0636. The Morgan fingerprint density at radius 2 is 2.17 bits per heavy atom. The van der Waals surface area contributed by atoms with Crippen molar-refractivity contribution in [2.45, 2.75) is 33.3 Å². The van der Waals surface area contributed by atoms with Crippen LogP contribution in [0.25, 0.3) is 5.52 Å². The molecule has 0 fully saturated rings. The smallest absolute Gasteiger partial charge is 0.412 e. The van der Waals surface area contributed by atoms with Crippen LogP contribution in [0.1, 0.15) is 26.3 Å². The predicted molar refractivity (Wildman–Crippen MR) is 69.8 cm³/mol. The van der Waals surface area contributed by atoms with Gasteiger partial charge in [-0.15, -0.1) is 0 Å². The van der Waals surface area contributed by atoms with Gasteiger partial charge in [-0.1, -0.05) is 0 Å². The summed E-state index contributed by atoms with van der Waals surface area (Å²) in [6, 6.07) is 3.86. The Morgan fingerprint density at radius 3 is 2.83 bits per heavy atom. The van der Waals surface area contributed by atoms with Crippen molar-refractivity contribution in [1.82, 2.24) is 9.61 Å². The molecule has 5 heteroatoms. The molecule has 0 spiro atoms. The Morgan fingerprint density at radius 1 is 1.44 bits per heavy atom. The van der Waals surface area contributed by atoms with Crippen molar-refractivity contribution in [2.75, 3.05) is 5.32 Å². The van der Waals surface area contributed by atoms with Crippen molar-refractivity contribution in [3.05, 3.63) is 30.1 Å². The highest BCUT2D eigenvalue weighted by molar-refractivity contribution is 5.87. The normalized spacial score (nSPS) is 11.6. The van der Waals surface area contributed by atoms with E-state index in [1.54, 1.807) is 10.7 Å². The number of aromatic nitrogens is 2. The molecule has 0 aromatic carbocycles. The molecule has 0 unspecified atom stereocenters. The van der Waals surface area contributed by atoms with Gasteiger partial charge in [0.2, 0.25) is 0 Å². The van der Waals surface area contributed by atoms with Crippen LogP contribution in [0, 0.1) is 6.92 Å². The Bertz CT molecular complexity index is 581. The topological polar surface area (TPSA) is 55.6 Å². The van der Waals surface area contributed by atoms with E-state index in [0.29, 0.717) is 5.69 Å². The van der Waals surface area contributed by atoms with E-state index in [4.69, 9.17) is 4.74 Å². The maximum absolute atomic E-state index is 11.7. The molecule has 5 nitrogen and oxygen atoms in total. The second-order valence-corrected chi connectivity index (χ2v) is 5.15. The fourth-order valence-electron chi connectivity index (χ4n) is 1.66. The summed E-state index contributed by atoms with van der Waals surface area (Å²) in [7, 11) is 0. The predicted octanol–water partition coefficient (Wildman–Crippen LogP) is 2.99. The first kappa shape index (κ1) is 12.4. The number of aryl methyl sites for hydroxylation is 1. The number of nitrogens with zero attached hydrogens (tertiary/aromatic N) is 2. The Kier molecular flexibility index (Phi) is 2.98. The third-order valence-electron chi connectivity index (χ3n) is 2.46. The maximum atomic E-state index is 11.7. The average molecular weight is 247 g/mol. The minimum absolute atomic E-state index is 0.469. The highest BCUT2D eigenvalue weighted by Crippen LogP contribution is 2.19. The summed E-state index contributed by atoms with van der Waals surface area (Å²) in [5, 5.41) is 6.91. The lowest BCUT2D eigenvalue weighted by atomic mass is 10.2. The molecule has 2 aromatic rings. The van der Waals surface area contributed by atoms with E-state index in [2.05, 4.69) is 10.4 Å². The standard InChI is InChI=1S/C13H17N3O2/c1-9-10(15-12(17)18-13(2,3)4)8-14-16-7-5-6-11(9)16/h5-8H,1-4H3,(H,15,17). The Hall–Kier alpha value is -2.04. The van der Waals surface area contributed by atoms with Crippen molar-refractivity contribution in [1.29, 1.82) is 0 Å². The van der Waals surface area contributed by atoms with E-state index < -0.39 is 11.7 Å². The van der Waals surface area contributed by atoms with E-state index in [9.17, 15) is 4.79 Å². The van der Waals surface area contributed by atoms with Crippen LogP contribution in [-0.2, 0) is 4.74 Å². The summed E-state index contributed by atoms with van der Waals surface area (Å²) >= 11 is 0. The van der Waals surface area contributed by atoms with E-state index in [-0.39, 0.29) is 0 Å². The third kappa shape index (κ3) is 2.61. The monoisotopic (exact) mass is 247 g/mol. The quantitative estimate of drug-likeness (QED) is 0.842. The minimum Gasteiger partial charge on any atom is -0.444 e. The molecule has 0 radical (unpaired) electrons. The molecule has 0 aliphatic carbocycles. The first-order valence-electron chi connectivity index (χ1n) is 5.80. The van der Waals surface area contributed by atoms with Gasteiger partial charge in [-0.05, 0) is 39.8 Å². The molecule has 0 bridgehead atoms. The molecule has 0 aliphatic rings. The highest BCUT2D eigenvalue weighted by atomic mass is 16.6. The van der Waals surface area contributed by atoms with E-state index in [1.165, 1.54) is 0 Å². The summed E-state index contributed by atoms with van der Waals surface area (Å²) in [6.07, 6.45) is 3.01. The number of hydrogen-bond donors (Lipinski definition) is 1. The molecule has 2 aromatic heterocycles. The molecule has 0 saturated heterocycles. The number of rotatable bonds is 1. The van der Waals surface area contributed by atoms with Crippen molar-refractivity contribution >= 4 is 17.3 Å². The maximum Gasteiger partial charge on any atom is 0.412 e. The van der Waals surface area contributed by atoms with E-state index in [0.717, 1.165) is 11.1 Å². The molecule has 18 heavy (non-hydrogen) atoms. The molecule has 0 atom stereocenters. The lowest BCUT2D eigenvalue weighted by Gasteiger charge is -2.20. The van der Waals surface area contributed by atoms with Crippen molar-refractivity contribution in [3.63, 3.8) is 0 Å². The van der Waals surface area contributed by atoms with Gasteiger partial charge in [0.15, 0.2) is 0 Å². The third-order valence-corrected chi connectivity index (χ3v) is 2.46. The molecular formula is C13H17N3O2. The van der Waals surface area contributed by atoms with Crippen LogP contribution in [0.2, 0.25) is 0 Å². The second-order valence-electron chi connectivity index (χ2n) is 5.15. The van der Waals surface area contributed by atoms with Crippen LogP contribution in [0.3, 0.4) is 0 Å². The number of carbonyl (C=O) groups excluding carboxylic acids is 1. The summed E-state index contributed by atoms with van der Waals surface area (Å²) < 4.78 is 6.97. The van der Waals surface area contributed by atoms with Gasteiger partial charge in [-0.25, -0.2) is 9.31 Å². The molecule has 1 N–H and O–H groups in total. The number of nitrogens with one attached hydrogen (secondary N) is 1. The second kappa shape index (κ2) is 4.33. The number of amides is 1. The van der Waals surface area contributed by atoms with Crippen LogP contribution in [0.4, 0.5) is 10.5 Å². The lowest BCUT2D eigenvalue weighted by Crippen LogP contribution is -2.27. The first-order valence-corrected chi connectivity index (χ1v) is 5.80. The van der Waals surface area contributed by atoms with Gasteiger partial charge in [0.25, 0.3) is 0 Å². The summed E-state index contributed by atoms with van der Waals surface area (Å²) in [6.45, 7) is 7.42. The molecule has 0 saturated carbocycles. The zero-order valence-electron chi connectivity index (χ0n) is 11.0. The van der Waals surface area contributed by atoms with Crippen LogP contribution in [-0.4, -0.2) is 21.3 Å².